The Morgan fingerprint density at radius 2 is 1.63 bits per heavy atom. The molecule has 0 atom stereocenters. The molecule has 27 heavy (non-hydrogen) atoms. The molecular formula is C21H32N2O2S2. The minimum atomic E-state index is -0.246. The van der Waals surface area contributed by atoms with Crippen LogP contribution in [0.5, 0.6) is 0 Å². The maximum atomic E-state index is 12.5. The number of thiophene rings is 1. The van der Waals surface area contributed by atoms with E-state index < -0.39 is 0 Å². The number of hydrogen-bond donors (Lipinski definition) is 2. The third kappa shape index (κ3) is 5.67. The standard InChI is InChI=1S/C21H32N2O2S2/c1-25-20(24)18-16-13-9-5-6-10-14-17(16)27-19(18)23-21(26)22-15-11-7-3-2-4-8-12-15/h15H,2-14H2,1H3,(H2,22,23,26). The van der Waals surface area contributed by atoms with Crippen LogP contribution < -0.4 is 10.6 Å². The number of aryl methyl sites for hydroxylation is 1. The SMILES string of the molecule is COC(=O)c1c(NC(=S)NC2CCCCCCC2)sc2c1CCCCCC2. The summed E-state index contributed by atoms with van der Waals surface area (Å²) >= 11 is 7.29. The van der Waals surface area contributed by atoms with E-state index in [4.69, 9.17) is 17.0 Å². The van der Waals surface area contributed by atoms with Gasteiger partial charge in [0.2, 0.25) is 0 Å². The Kier molecular flexibility index (Phi) is 7.94. The second-order valence-electron chi connectivity index (χ2n) is 7.75. The summed E-state index contributed by atoms with van der Waals surface area (Å²) in [6.45, 7) is 0. The van der Waals surface area contributed by atoms with Crippen molar-refractivity contribution in [1.82, 2.24) is 5.32 Å². The molecule has 2 N–H and O–H groups in total. The number of carbonyl (C=O) groups is 1. The average Bonchev–Trinajstić information content (AvgIpc) is 2.92. The Labute approximate surface area is 172 Å². The van der Waals surface area contributed by atoms with E-state index in [1.807, 2.05) is 0 Å². The van der Waals surface area contributed by atoms with E-state index in [9.17, 15) is 4.79 Å². The van der Waals surface area contributed by atoms with Gasteiger partial charge in [-0.3, -0.25) is 0 Å². The minimum absolute atomic E-state index is 0.246. The summed E-state index contributed by atoms with van der Waals surface area (Å²) in [6, 6.07) is 0.438. The first-order valence-corrected chi connectivity index (χ1v) is 11.7. The van der Waals surface area contributed by atoms with Gasteiger partial charge in [-0.1, -0.05) is 44.9 Å². The van der Waals surface area contributed by atoms with E-state index >= 15 is 0 Å². The van der Waals surface area contributed by atoms with Gasteiger partial charge in [0.1, 0.15) is 5.00 Å². The van der Waals surface area contributed by atoms with Crippen LogP contribution in [0.15, 0.2) is 0 Å². The van der Waals surface area contributed by atoms with Gasteiger partial charge in [0, 0.05) is 10.9 Å². The first-order chi connectivity index (χ1) is 13.2. The highest BCUT2D eigenvalue weighted by atomic mass is 32.1. The van der Waals surface area contributed by atoms with Crippen LogP contribution >= 0.6 is 23.6 Å². The number of anilines is 1. The summed E-state index contributed by atoms with van der Waals surface area (Å²) in [4.78, 5) is 13.8. The molecule has 0 aliphatic heterocycles. The predicted octanol–water partition coefficient (Wildman–Crippen LogP) is 5.59. The van der Waals surface area contributed by atoms with Crippen molar-refractivity contribution in [2.75, 3.05) is 12.4 Å². The summed E-state index contributed by atoms with van der Waals surface area (Å²) in [5, 5.41) is 8.34. The van der Waals surface area contributed by atoms with Crippen LogP contribution in [0.25, 0.3) is 0 Å². The van der Waals surface area contributed by atoms with Crippen LogP contribution in [0.3, 0.4) is 0 Å². The van der Waals surface area contributed by atoms with Crippen molar-refractivity contribution in [1.29, 1.82) is 0 Å². The lowest BCUT2D eigenvalue weighted by molar-refractivity contribution is 0.0601. The highest BCUT2D eigenvalue weighted by molar-refractivity contribution is 7.80. The summed E-state index contributed by atoms with van der Waals surface area (Å²) in [5.41, 5.74) is 1.89. The fraction of sp³-hybridized carbons (Fsp3) is 0.714. The largest absolute Gasteiger partial charge is 0.465 e. The third-order valence-electron chi connectivity index (χ3n) is 5.73. The number of esters is 1. The van der Waals surface area contributed by atoms with E-state index in [0.29, 0.717) is 16.7 Å². The first kappa shape index (κ1) is 20.6. The van der Waals surface area contributed by atoms with Gasteiger partial charge in [0.25, 0.3) is 0 Å². The second-order valence-corrected chi connectivity index (χ2v) is 9.27. The van der Waals surface area contributed by atoms with Crippen LogP contribution in [-0.4, -0.2) is 24.2 Å². The molecule has 0 bridgehead atoms. The first-order valence-electron chi connectivity index (χ1n) is 10.5. The predicted molar refractivity (Wildman–Crippen MR) is 117 cm³/mol. The molecule has 0 spiro atoms. The zero-order valence-electron chi connectivity index (χ0n) is 16.4. The van der Waals surface area contributed by atoms with E-state index in [1.165, 1.54) is 81.8 Å². The van der Waals surface area contributed by atoms with Gasteiger partial charge in [0.15, 0.2) is 5.11 Å². The molecule has 0 unspecified atom stereocenters. The van der Waals surface area contributed by atoms with E-state index in [-0.39, 0.29) is 5.97 Å². The third-order valence-corrected chi connectivity index (χ3v) is 7.16. The summed E-state index contributed by atoms with van der Waals surface area (Å²) in [6.07, 6.45) is 15.7. The van der Waals surface area contributed by atoms with Crippen molar-refractivity contribution in [2.45, 2.75) is 89.5 Å². The number of methoxy groups -OCH3 is 1. The van der Waals surface area contributed by atoms with Crippen molar-refractivity contribution in [3.63, 3.8) is 0 Å². The van der Waals surface area contributed by atoms with E-state index in [1.54, 1.807) is 11.3 Å². The average molecular weight is 409 g/mol. The van der Waals surface area contributed by atoms with E-state index in [2.05, 4.69) is 10.6 Å². The number of rotatable bonds is 3. The maximum Gasteiger partial charge on any atom is 0.341 e. The molecule has 2 aliphatic rings. The molecule has 0 saturated heterocycles. The molecule has 0 amide bonds. The summed E-state index contributed by atoms with van der Waals surface area (Å²) < 4.78 is 5.10. The lowest BCUT2D eigenvalue weighted by Crippen LogP contribution is -2.38. The van der Waals surface area contributed by atoms with Crippen molar-refractivity contribution < 1.29 is 9.53 Å². The Morgan fingerprint density at radius 1 is 1.00 bits per heavy atom. The molecular weight excluding hydrogens is 376 g/mol. The van der Waals surface area contributed by atoms with Crippen LogP contribution in [-0.2, 0) is 17.6 Å². The zero-order chi connectivity index (χ0) is 19.1. The molecule has 2 aliphatic carbocycles. The highest BCUT2D eigenvalue weighted by Crippen LogP contribution is 2.37. The monoisotopic (exact) mass is 408 g/mol. The molecule has 0 radical (unpaired) electrons. The minimum Gasteiger partial charge on any atom is -0.465 e. The van der Waals surface area contributed by atoms with Gasteiger partial charge in [-0.15, -0.1) is 11.3 Å². The Balaban J connectivity index is 1.73. The lowest BCUT2D eigenvalue weighted by Gasteiger charge is -2.22. The number of fused-ring (bicyclic) bond motifs is 1. The molecule has 3 rings (SSSR count). The zero-order valence-corrected chi connectivity index (χ0v) is 18.0. The van der Waals surface area contributed by atoms with Crippen LogP contribution in [0.4, 0.5) is 5.00 Å². The maximum absolute atomic E-state index is 12.5. The highest BCUT2D eigenvalue weighted by Gasteiger charge is 2.25. The molecule has 1 fully saturated rings. The van der Waals surface area contributed by atoms with Gasteiger partial charge in [-0.05, 0) is 56.3 Å². The topological polar surface area (TPSA) is 50.4 Å². The number of thiocarbonyl (C=S) groups is 1. The van der Waals surface area contributed by atoms with Gasteiger partial charge in [0.05, 0.1) is 12.7 Å². The van der Waals surface area contributed by atoms with Crippen LogP contribution in [0.2, 0.25) is 0 Å². The Bertz CT molecular complexity index is 649. The number of ether oxygens (including phenoxy) is 1. The van der Waals surface area contributed by atoms with Gasteiger partial charge < -0.3 is 15.4 Å². The van der Waals surface area contributed by atoms with Gasteiger partial charge >= 0.3 is 5.97 Å². The number of nitrogens with one attached hydrogen (secondary N) is 2. The summed E-state index contributed by atoms with van der Waals surface area (Å²) in [5.74, 6) is -0.246. The molecule has 1 heterocycles. The van der Waals surface area contributed by atoms with Gasteiger partial charge in [-0.25, -0.2) is 4.79 Å². The second kappa shape index (κ2) is 10.4. The quantitative estimate of drug-likeness (QED) is 0.504. The molecule has 6 heteroatoms. The number of carbonyl (C=O) groups excluding carboxylic acids is 1. The molecule has 1 saturated carbocycles. The molecule has 4 nitrogen and oxygen atoms in total. The van der Waals surface area contributed by atoms with Crippen LogP contribution in [0, 0.1) is 0 Å². The number of hydrogen-bond acceptors (Lipinski definition) is 4. The van der Waals surface area contributed by atoms with Crippen molar-refractivity contribution >= 4 is 39.6 Å². The summed E-state index contributed by atoms with van der Waals surface area (Å²) in [7, 11) is 1.46. The normalized spacial score (nSPS) is 19.0. The van der Waals surface area contributed by atoms with Crippen molar-refractivity contribution in [2.24, 2.45) is 0 Å². The molecule has 1 aromatic heterocycles. The van der Waals surface area contributed by atoms with Crippen molar-refractivity contribution in [3.8, 4) is 0 Å². The Hall–Kier alpha value is -1.14. The van der Waals surface area contributed by atoms with Crippen molar-refractivity contribution in [3.05, 3.63) is 16.0 Å². The van der Waals surface area contributed by atoms with E-state index in [0.717, 1.165) is 24.3 Å². The molecule has 0 aromatic carbocycles. The lowest BCUT2D eigenvalue weighted by atomic mass is 9.96. The smallest absolute Gasteiger partial charge is 0.341 e. The fourth-order valence-electron chi connectivity index (χ4n) is 4.25. The fourth-order valence-corrected chi connectivity index (χ4v) is 5.87. The Morgan fingerprint density at radius 3 is 2.33 bits per heavy atom. The molecule has 1 aromatic rings. The van der Waals surface area contributed by atoms with Gasteiger partial charge in [-0.2, -0.15) is 0 Å². The molecule has 150 valence electrons. The van der Waals surface area contributed by atoms with Crippen LogP contribution in [0.1, 0.15) is 91.4 Å².